The number of non-ortho nitro benzene ring substituents is 1. The first-order valence-electron chi connectivity index (χ1n) is 5.34. The topological polar surface area (TPSA) is 81.2 Å². The summed E-state index contributed by atoms with van der Waals surface area (Å²) in [7, 11) is 0. The van der Waals surface area contributed by atoms with Gasteiger partial charge in [0.1, 0.15) is 0 Å². The van der Waals surface area contributed by atoms with E-state index in [0.29, 0.717) is 6.54 Å². The molecule has 1 aromatic rings. The van der Waals surface area contributed by atoms with E-state index in [1.807, 2.05) is 6.92 Å². The fourth-order valence-corrected chi connectivity index (χ4v) is 1.41. The van der Waals surface area contributed by atoms with Gasteiger partial charge in [0.25, 0.3) is 5.69 Å². The number of rotatable bonds is 6. The molecule has 5 heteroatoms. The maximum absolute atomic E-state index is 10.6. The average Bonchev–Trinajstić information content (AvgIpc) is 2.26. The summed E-state index contributed by atoms with van der Waals surface area (Å²) in [6, 6.07) is 4.83. The van der Waals surface area contributed by atoms with Crippen molar-refractivity contribution in [3.8, 4) is 0 Å². The van der Waals surface area contributed by atoms with Gasteiger partial charge in [-0.25, -0.2) is 0 Å². The van der Waals surface area contributed by atoms with E-state index in [2.05, 4.69) is 5.32 Å². The van der Waals surface area contributed by atoms with Gasteiger partial charge in [-0.2, -0.15) is 0 Å². The van der Waals surface area contributed by atoms with Crippen LogP contribution in [0.4, 0.5) is 11.4 Å². The summed E-state index contributed by atoms with van der Waals surface area (Å²) < 4.78 is 0. The summed E-state index contributed by atoms with van der Waals surface area (Å²) in [6.07, 6.45) is 1.93. The fraction of sp³-hybridized carbons (Fsp3) is 0.455. The summed E-state index contributed by atoms with van der Waals surface area (Å²) in [5.41, 5.74) is 7.34. The Kier molecular flexibility index (Phi) is 4.72. The smallest absolute Gasteiger partial charge is 0.271 e. The number of nitro groups is 1. The number of nitrogens with zero attached hydrogens (tertiary/aromatic N) is 1. The van der Waals surface area contributed by atoms with Crippen molar-refractivity contribution in [1.82, 2.24) is 0 Å². The predicted octanol–water partition coefficient (Wildman–Crippen LogP) is 2.05. The molecule has 0 aliphatic heterocycles. The third kappa shape index (κ3) is 3.51. The summed E-state index contributed by atoms with van der Waals surface area (Å²) in [5.74, 6) is 0. The molecule has 0 fully saturated rings. The van der Waals surface area contributed by atoms with Crippen LogP contribution < -0.4 is 11.1 Å². The zero-order valence-electron chi connectivity index (χ0n) is 9.40. The van der Waals surface area contributed by atoms with Crippen LogP contribution in [0.3, 0.4) is 0 Å². The second kappa shape index (κ2) is 6.07. The van der Waals surface area contributed by atoms with Gasteiger partial charge in [0.05, 0.1) is 4.92 Å². The number of nitrogens with two attached hydrogens (primary N) is 1. The molecule has 0 unspecified atom stereocenters. The number of unbranched alkanes of at least 4 members (excludes halogenated alkanes) is 1. The lowest BCUT2D eigenvalue weighted by Crippen LogP contribution is -2.06. The lowest BCUT2D eigenvalue weighted by molar-refractivity contribution is -0.384. The number of nitro benzene ring substituents is 1. The Hall–Kier alpha value is -1.62. The van der Waals surface area contributed by atoms with Gasteiger partial charge in [0, 0.05) is 24.4 Å². The van der Waals surface area contributed by atoms with Gasteiger partial charge < -0.3 is 11.1 Å². The Bertz CT molecular complexity index is 366. The summed E-state index contributed by atoms with van der Waals surface area (Å²) >= 11 is 0. The van der Waals surface area contributed by atoms with Crippen LogP contribution in [0.15, 0.2) is 18.2 Å². The molecule has 0 amide bonds. The fourth-order valence-electron chi connectivity index (χ4n) is 1.41. The van der Waals surface area contributed by atoms with Crippen LogP contribution in [0.2, 0.25) is 0 Å². The predicted molar refractivity (Wildman–Crippen MR) is 64.6 cm³/mol. The summed E-state index contributed by atoms with van der Waals surface area (Å²) in [6.45, 7) is 3.39. The molecule has 0 saturated heterocycles. The van der Waals surface area contributed by atoms with Crippen LogP contribution in [0.5, 0.6) is 0 Å². The first-order valence-corrected chi connectivity index (χ1v) is 5.34. The zero-order chi connectivity index (χ0) is 12.0. The number of nitrogens with one attached hydrogen (secondary N) is 1. The van der Waals surface area contributed by atoms with E-state index in [9.17, 15) is 10.1 Å². The van der Waals surface area contributed by atoms with Crippen LogP contribution in [0.1, 0.15) is 18.4 Å². The van der Waals surface area contributed by atoms with Crippen molar-refractivity contribution in [2.45, 2.75) is 19.8 Å². The molecule has 5 nitrogen and oxygen atoms in total. The molecule has 0 aromatic heterocycles. The molecule has 1 rings (SSSR count). The van der Waals surface area contributed by atoms with E-state index < -0.39 is 0 Å². The minimum atomic E-state index is -0.384. The van der Waals surface area contributed by atoms with Gasteiger partial charge in [-0.1, -0.05) is 6.07 Å². The van der Waals surface area contributed by atoms with Crippen molar-refractivity contribution in [3.05, 3.63) is 33.9 Å². The summed E-state index contributed by atoms with van der Waals surface area (Å²) in [5, 5.41) is 13.8. The van der Waals surface area contributed by atoms with Crippen LogP contribution >= 0.6 is 0 Å². The van der Waals surface area contributed by atoms with Crippen molar-refractivity contribution < 1.29 is 4.92 Å². The maximum atomic E-state index is 10.6. The number of aryl methyl sites for hydroxylation is 1. The molecular weight excluding hydrogens is 206 g/mol. The summed E-state index contributed by atoms with van der Waals surface area (Å²) in [4.78, 5) is 10.2. The van der Waals surface area contributed by atoms with Crippen LogP contribution in [0, 0.1) is 17.0 Å². The third-order valence-electron chi connectivity index (χ3n) is 2.38. The lowest BCUT2D eigenvalue weighted by atomic mass is 10.1. The highest BCUT2D eigenvalue weighted by Gasteiger charge is 2.07. The van der Waals surface area contributed by atoms with Crippen molar-refractivity contribution in [1.29, 1.82) is 0 Å². The van der Waals surface area contributed by atoms with E-state index in [0.717, 1.165) is 30.6 Å². The molecule has 3 N–H and O–H groups in total. The second-order valence-electron chi connectivity index (χ2n) is 3.68. The molecule has 0 atom stereocenters. The van der Waals surface area contributed by atoms with Crippen LogP contribution in [0.25, 0.3) is 0 Å². The Morgan fingerprint density at radius 1 is 1.44 bits per heavy atom. The van der Waals surface area contributed by atoms with Gasteiger partial charge in [-0.05, 0) is 31.9 Å². The third-order valence-corrected chi connectivity index (χ3v) is 2.38. The molecule has 0 aliphatic carbocycles. The molecule has 0 radical (unpaired) electrons. The molecule has 0 aliphatic rings. The Morgan fingerprint density at radius 3 is 2.81 bits per heavy atom. The lowest BCUT2D eigenvalue weighted by Gasteiger charge is -2.08. The largest absolute Gasteiger partial charge is 0.385 e. The zero-order valence-corrected chi connectivity index (χ0v) is 9.40. The first kappa shape index (κ1) is 12.4. The monoisotopic (exact) mass is 223 g/mol. The Labute approximate surface area is 94.8 Å². The molecule has 0 saturated carbocycles. The van der Waals surface area contributed by atoms with Crippen LogP contribution in [-0.2, 0) is 0 Å². The molecule has 0 heterocycles. The Morgan fingerprint density at radius 2 is 2.19 bits per heavy atom. The molecule has 16 heavy (non-hydrogen) atoms. The molecule has 0 bridgehead atoms. The first-order chi connectivity index (χ1) is 7.65. The van der Waals surface area contributed by atoms with Gasteiger partial charge in [0.15, 0.2) is 0 Å². The van der Waals surface area contributed by atoms with Crippen molar-refractivity contribution in [2.24, 2.45) is 5.73 Å². The minimum Gasteiger partial charge on any atom is -0.385 e. The number of hydrogen-bond acceptors (Lipinski definition) is 4. The van der Waals surface area contributed by atoms with E-state index in [-0.39, 0.29) is 10.6 Å². The van der Waals surface area contributed by atoms with Gasteiger partial charge >= 0.3 is 0 Å². The Balaban J connectivity index is 2.63. The van der Waals surface area contributed by atoms with E-state index in [4.69, 9.17) is 5.73 Å². The quantitative estimate of drug-likeness (QED) is 0.439. The second-order valence-corrected chi connectivity index (χ2v) is 3.68. The normalized spacial score (nSPS) is 10.1. The molecule has 88 valence electrons. The van der Waals surface area contributed by atoms with Gasteiger partial charge in [-0.15, -0.1) is 0 Å². The molecule has 0 spiro atoms. The van der Waals surface area contributed by atoms with Crippen molar-refractivity contribution in [2.75, 3.05) is 18.4 Å². The minimum absolute atomic E-state index is 0.118. The highest BCUT2D eigenvalue weighted by Crippen LogP contribution is 2.21. The maximum Gasteiger partial charge on any atom is 0.271 e. The van der Waals surface area contributed by atoms with E-state index >= 15 is 0 Å². The average molecular weight is 223 g/mol. The van der Waals surface area contributed by atoms with Crippen LogP contribution in [-0.4, -0.2) is 18.0 Å². The SMILES string of the molecule is Cc1ccc([N+](=O)[O-])cc1NCCCCN. The highest BCUT2D eigenvalue weighted by atomic mass is 16.6. The molecule has 1 aromatic carbocycles. The molecular formula is C11H17N3O2. The highest BCUT2D eigenvalue weighted by molar-refractivity contribution is 5.56. The van der Waals surface area contributed by atoms with E-state index in [1.165, 1.54) is 6.07 Å². The number of anilines is 1. The van der Waals surface area contributed by atoms with Crippen molar-refractivity contribution in [3.63, 3.8) is 0 Å². The standard InChI is InChI=1S/C11H17N3O2/c1-9-4-5-10(14(15)16)8-11(9)13-7-3-2-6-12/h4-5,8,13H,2-3,6-7,12H2,1H3. The van der Waals surface area contributed by atoms with E-state index in [1.54, 1.807) is 12.1 Å². The van der Waals surface area contributed by atoms with Gasteiger partial charge in [0.2, 0.25) is 0 Å². The number of benzene rings is 1. The van der Waals surface area contributed by atoms with Crippen molar-refractivity contribution >= 4 is 11.4 Å². The van der Waals surface area contributed by atoms with Gasteiger partial charge in [-0.3, -0.25) is 10.1 Å². The number of hydrogen-bond donors (Lipinski definition) is 2.